The van der Waals surface area contributed by atoms with Crippen molar-refractivity contribution >= 4 is 18.7 Å². The second kappa shape index (κ2) is 2.52. The highest BCUT2D eigenvalue weighted by atomic mass is 32.1. The summed E-state index contributed by atoms with van der Waals surface area (Å²) in [5, 5.41) is 0. The number of carbonyl (C=O) groups excluding carboxylic acids is 1. The summed E-state index contributed by atoms with van der Waals surface area (Å²) in [5.74, 6) is 0.00772. The number of hydrogen-bond acceptors (Lipinski definition) is 2. The molecule has 0 saturated heterocycles. The first-order chi connectivity index (χ1) is 5.68. The normalized spacial score (nSPS) is 15.2. The predicted molar refractivity (Wildman–Crippen MR) is 50.0 cm³/mol. The van der Waals surface area contributed by atoms with Gasteiger partial charge in [-0.1, -0.05) is 30.5 Å². The number of rotatable bonds is 0. The maximum atomic E-state index is 11.4. The van der Waals surface area contributed by atoms with Crippen LogP contribution in [0.1, 0.15) is 21.5 Å². The van der Waals surface area contributed by atoms with Gasteiger partial charge in [-0.05, 0) is 18.6 Å². The zero-order valence-corrected chi connectivity index (χ0v) is 7.64. The van der Waals surface area contributed by atoms with Crippen molar-refractivity contribution < 1.29 is 4.79 Å². The zero-order valence-electron chi connectivity index (χ0n) is 6.74. The molecule has 1 amide bonds. The van der Waals surface area contributed by atoms with Crippen LogP contribution in [-0.4, -0.2) is 10.2 Å². The summed E-state index contributed by atoms with van der Waals surface area (Å²) in [6.07, 6.45) is 0. The van der Waals surface area contributed by atoms with Gasteiger partial charge in [0.05, 0.1) is 6.54 Å². The third-order valence-corrected chi connectivity index (χ3v) is 2.37. The fourth-order valence-electron chi connectivity index (χ4n) is 1.43. The molecule has 0 N–H and O–H groups in total. The van der Waals surface area contributed by atoms with Gasteiger partial charge >= 0.3 is 0 Å². The molecule has 1 aliphatic rings. The molecule has 0 bridgehead atoms. The summed E-state index contributed by atoms with van der Waals surface area (Å²) < 4.78 is 1.43. The number of hydrogen-bond donors (Lipinski definition) is 1. The minimum Gasteiger partial charge on any atom is -0.281 e. The van der Waals surface area contributed by atoms with Crippen LogP contribution in [0.15, 0.2) is 18.2 Å². The standard InChI is InChI=1S/C9H9NOS/c1-6-2-3-8-7(4-6)5-10(12)9(8)11/h2-4,12H,5H2,1H3. The lowest BCUT2D eigenvalue weighted by molar-refractivity contribution is 0.0891. The minimum absolute atomic E-state index is 0.00772. The van der Waals surface area contributed by atoms with Crippen LogP contribution in [0, 0.1) is 6.92 Å². The van der Waals surface area contributed by atoms with E-state index in [-0.39, 0.29) is 5.91 Å². The van der Waals surface area contributed by atoms with Crippen molar-refractivity contribution in [3.05, 3.63) is 34.9 Å². The summed E-state index contributed by atoms with van der Waals surface area (Å²) in [4.78, 5) is 11.4. The summed E-state index contributed by atoms with van der Waals surface area (Å²) in [5.41, 5.74) is 3.05. The molecule has 12 heavy (non-hydrogen) atoms. The van der Waals surface area contributed by atoms with Crippen molar-refractivity contribution in [1.82, 2.24) is 4.31 Å². The first-order valence-electron chi connectivity index (χ1n) is 3.79. The van der Waals surface area contributed by atoms with Crippen LogP contribution < -0.4 is 0 Å². The fourth-order valence-corrected chi connectivity index (χ4v) is 1.69. The smallest absolute Gasteiger partial charge is 0.264 e. The number of thiol groups is 1. The molecule has 0 saturated carbocycles. The quantitative estimate of drug-likeness (QED) is 0.602. The highest BCUT2D eigenvalue weighted by Crippen LogP contribution is 2.24. The molecule has 1 heterocycles. The van der Waals surface area contributed by atoms with Crippen molar-refractivity contribution in [3.8, 4) is 0 Å². The Morgan fingerprint density at radius 1 is 1.50 bits per heavy atom. The van der Waals surface area contributed by atoms with Gasteiger partial charge in [0.15, 0.2) is 0 Å². The second-order valence-electron chi connectivity index (χ2n) is 3.02. The zero-order chi connectivity index (χ0) is 8.72. The molecule has 0 radical (unpaired) electrons. The van der Waals surface area contributed by atoms with Gasteiger partial charge in [-0.15, -0.1) is 0 Å². The molecule has 3 heteroatoms. The summed E-state index contributed by atoms with van der Waals surface area (Å²) >= 11 is 4.05. The molecule has 2 rings (SSSR count). The van der Waals surface area contributed by atoms with E-state index in [1.807, 2.05) is 25.1 Å². The van der Waals surface area contributed by atoms with Crippen molar-refractivity contribution in [1.29, 1.82) is 0 Å². The van der Waals surface area contributed by atoms with Gasteiger partial charge in [-0.3, -0.25) is 9.10 Å². The van der Waals surface area contributed by atoms with E-state index in [2.05, 4.69) is 12.8 Å². The van der Waals surface area contributed by atoms with Gasteiger partial charge in [-0.2, -0.15) is 0 Å². The van der Waals surface area contributed by atoms with Crippen LogP contribution in [-0.2, 0) is 6.54 Å². The van der Waals surface area contributed by atoms with Crippen LogP contribution in [0.3, 0.4) is 0 Å². The van der Waals surface area contributed by atoms with E-state index < -0.39 is 0 Å². The van der Waals surface area contributed by atoms with Crippen molar-refractivity contribution in [2.45, 2.75) is 13.5 Å². The molecule has 0 spiro atoms. The number of amides is 1. The Labute approximate surface area is 76.7 Å². The maximum absolute atomic E-state index is 11.4. The molecular weight excluding hydrogens is 170 g/mol. The van der Waals surface area contributed by atoms with E-state index in [0.717, 1.165) is 11.1 Å². The Morgan fingerprint density at radius 2 is 2.25 bits per heavy atom. The Morgan fingerprint density at radius 3 is 3.00 bits per heavy atom. The first-order valence-corrected chi connectivity index (χ1v) is 4.19. The number of nitrogens with zero attached hydrogens (tertiary/aromatic N) is 1. The molecule has 0 aromatic heterocycles. The fraction of sp³-hybridized carbons (Fsp3) is 0.222. The molecule has 1 aromatic carbocycles. The molecule has 62 valence electrons. The summed E-state index contributed by atoms with van der Waals surface area (Å²) in [6, 6.07) is 5.84. The Kier molecular flexibility index (Phi) is 1.61. The molecule has 1 aliphatic heterocycles. The molecule has 0 aliphatic carbocycles. The monoisotopic (exact) mass is 179 g/mol. The lowest BCUT2D eigenvalue weighted by Crippen LogP contribution is -2.10. The third-order valence-electron chi connectivity index (χ3n) is 2.05. The van der Waals surface area contributed by atoms with Crippen molar-refractivity contribution in [3.63, 3.8) is 0 Å². The van der Waals surface area contributed by atoms with Gasteiger partial charge in [0.2, 0.25) is 0 Å². The van der Waals surface area contributed by atoms with Crippen LogP contribution in [0.5, 0.6) is 0 Å². The molecule has 1 aromatic rings. The SMILES string of the molecule is Cc1ccc2c(c1)CN(S)C2=O. The topological polar surface area (TPSA) is 20.3 Å². The van der Waals surface area contributed by atoms with Gasteiger partial charge in [0, 0.05) is 5.56 Å². The van der Waals surface area contributed by atoms with Gasteiger partial charge in [-0.25, -0.2) is 0 Å². The molecule has 0 fully saturated rings. The predicted octanol–water partition coefficient (Wildman–Crippen LogP) is 1.80. The van der Waals surface area contributed by atoms with Gasteiger partial charge < -0.3 is 0 Å². The molecule has 2 nitrogen and oxygen atoms in total. The summed E-state index contributed by atoms with van der Waals surface area (Å²) in [7, 11) is 0. The number of fused-ring (bicyclic) bond motifs is 1. The van der Waals surface area contributed by atoms with E-state index in [1.54, 1.807) is 0 Å². The summed E-state index contributed by atoms with van der Waals surface area (Å²) in [6.45, 7) is 2.64. The van der Waals surface area contributed by atoms with Crippen molar-refractivity contribution in [2.75, 3.05) is 0 Å². The lowest BCUT2D eigenvalue weighted by Gasteiger charge is -2.02. The largest absolute Gasteiger partial charge is 0.281 e. The van der Waals surface area contributed by atoms with Crippen LogP contribution in [0.25, 0.3) is 0 Å². The van der Waals surface area contributed by atoms with Crippen LogP contribution in [0.4, 0.5) is 0 Å². The molecule has 0 unspecified atom stereocenters. The maximum Gasteiger partial charge on any atom is 0.264 e. The Bertz CT molecular complexity index is 348. The average Bonchev–Trinajstić information content (AvgIpc) is 2.28. The van der Waals surface area contributed by atoms with Crippen molar-refractivity contribution in [2.24, 2.45) is 0 Å². The van der Waals surface area contributed by atoms with E-state index in [0.29, 0.717) is 6.54 Å². The van der Waals surface area contributed by atoms with E-state index in [4.69, 9.17) is 0 Å². The minimum atomic E-state index is 0.00772. The van der Waals surface area contributed by atoms with Crippen LogP contribution in [0.2, 0.25) is 0 Å². The van der Waals surface area contributed by atoms with E-state index >= 15 is 0 Å². The third kappa shape index (κ3) is 1.01. The highest BCUT2D eigenvalue weighted by Gasteiger charge is 2.24. The van der Waals surface area contributed by atoms with E-state index in [1.165, 1.54) is 9.87 Å². The van der Waals surface area contributed by atoms with E-state index in [9.17, 15) is 4.79 Å². The second-order valence-corrected chi connectivity index (χ2v) is 3.51. The van der Waals surface area contributed by atoms with Gasteiger partial charge in [0.25, 0.3) is 5.91 Å². The Hall–Kier alpha value is -0.960. The Balaban J connectivity index is 2.54. The number of benzene rings is 1. The average molecular weight is 179 g/mol. The molecule has 0 atom stereocenters. The molecular formula is C9H9NOS. The number of aryl methyl sites for hydroxylation is 1. The lowest BCUT2D eigenvalue weighted by atomic mass is 10.1. The number of carbonyl (C=O) groups is 1. The first kappa shape index (κ1) is 7.68. The van der Waals surface area contributed by atoms with Crippen LogP contribution >= 0.6 is 12.8 Å². The van der Waals surface area contributed by atoms with Gasteiger partial charge in [0.1, 0.15) is 0 Å². The highest BCUT2D eigenvalue weighted by molar-refractivity contribution is 7.78.